The molecule has 0 saturated carbocycles. The van der Waals surface area contributed by atoms with Crippen molar-refractivity contribution in [3.63, 3.8) is 0 Å². The molecule has 3 aromatic rings. The van der Waals surface area contributed by atoms with Gasteiger partial charge >= 0.3 is 0 Å². The first-order valence-corrected chi connectivity index (χ1v) is 5.92. The molecule has 96 valence electrons. The lowest BCUT2D eigenvalue weighted by Gasteiger charge is -2.02. The number of aryl methyl sites for hydroxylation is 1. The van der Waals surface area contributed by atoms with Crippen LogP contribution in [0.5, 0.6) is 0 Å². The number of hydrogen-bond donors (Lipinski definition) is 2. The van der Waals surface area contributed by atoms with Crippen LogP contribution in [0.4, 0.5) is 5.69 Å². The van der Waals surface area contributed by atoms with Crippen molar-refractivity contribution < 1.29 is 4.79 Å². The summed E-state index contributed by atoms with van der Waals surface area (Å²) in [4.78, 5) is 15.5. The van der Waals surface area contributed by atoms with E-state index in [0.717, 1.165) is 22.6 Å². The summed E-state index contributed by atoms with van der Waals surface area (Å²) in [5, 5.41) is 10.2. The van der Waals surface area contributed by atoms with Crippen LogP contribution in [-0.4, -0.2) is 25.7 Å². The van der Waals surface area contributed by atoms with E-state index in [2.05, 4.69) is 20.5 Å². The summed E-state index contributed by atoms with van der Waals surface area (Å²) in [7, 11) is 0. The highest BCUT2D eigenvalue weighted by Crippen LogP contribution is 2.20. The fraction of sp³-hybridized carbons (Fsp3) is 0.154. The Labute approximate surface area is 109 Å². The molecule has 1 amide bonds. The lowest BCUT2D eigenvalue weighted by molar-refractivity contribution is -0.114. The maximum absolute atomic E-state index is 11.0. The Balaban J connectivity index is 2.00. The van der Waals surface area contributed by atoms with E-state index in [1.165, 1.54) is 6.92 Å². The Morgan fingerprint density at radius 2 is 2.21 bits per heavy atom. The zero-order valence-corrected chi connectivity index (χ0v) is 10.6. The number of nitrogens with zero attached hydrogens (tertiary/aromatic N) is 3. The number of fused-ring (bicyclic) bond motifs is 1. The summed E-state index contributed by atoms with van der Waals surface area (Å²) in [5.41, 5.74) is 3.38. The molecule has 2 N–H and O–H groups in total. The van der Waals surface area contributed by atoms with E-state index >= 15 is 0 Å². The average molecular weight is 255 g/mol. The lowest BCUT2D eigenvalue weighted by atomic mass is 10.2. The molecule has 3 rings (SSSR count). The van der Waals surface area contributed by atoms with Gasteiger partial charge in [-0.25, -0.2) is 4.98 Å². The first-order chi connectivity index (χ1) is 9.11. The van der Waals surface area contributed by atoms with Gasteiger partial charge < -0.3 is 5.32 Å². The number of benzene rings is 1. The average Bonchev–Trinajstić information content (AvgIpc) is 2.85. The molecule has 0 aliphatic carbocycles. The Morgan fingerprint density at radius 1 is 1.37 bits per heavy atom. The van der Waals surface area contributed by atoms with Crippen LogP contribution in [0.25, 0.3) is 17.0 Å². The number of aromatic nitrogens is 4. The number of H-pyrrole nitrogens is 1. The maximum Gasteiger partial charge on any atom is 0.221 e. The van der Waals surface area contributed by atoms with E-state index in [1.807, 2.05) is 37.3 Å². The highest BCUT2D eigenvalue weighted by Gasteiger charge is 2.08. The molecule has 0 radical (unpaired) electrons. The minimum atomic E-state index is -0.0994. The van der Waals surface area contributed by atoms with E-state index < -0.39 is 0 Å². The first-order valence-electron chi connectivity index (χ1n) is 5.92. The number of aromatic amines is 1. The van der Waals surface area contributed by atoms with Gasteiger partial charge in [0, 0.05) is 29.9 Å². The number of amides is 1. The van der Waals surface area contributed by atoms with Gasteiger partial charge in [-0.3, -0.25) is 9.89 Å². The quantitative estimate of drug-likeness (QED) is 0.735. The third-order valence-electron chi connectivity index (χ3n) is 2.70. The number of hydrogen-bond acceptors (Lipinski definition) is 3. The maximum atomic E-state index is 11.0. The van der Waals surface area contributed by atoms with Gasteiger partial charge in [-0.05, 0) is 19.1 Å². The predicted octanol–water partition coefficient (Wildman–Crippen LogP) is 1.99. The summed E-state index contributed by atoms with van der Waals surface area (Å²) in [6.45, 7) is 3.43. The molecule has 1 aromatic carbocycles. The molecule has 0 atom stereocenters. The minimum Gasteiger partial charge on any atom is -0.326 e. The van der Waals surface area contributed by atoms with Crippen LogP contribution in [0.3, 0.4) is 0 Å². The van der Waals surface area contributed by atoms with Crippen molar-refractivity contribution in [2.45, 2.75) is 13.8 Å². The number of carbonyl (C=O) groups is 1. The molecule has 0 spiro atoms. The Kier molecular flexibility index (Phi) is 2.56. The van der Waals surface area contributed by atoms with Crippen LogP contribution >= 0.6 is 0 Å². The molecule has 0 saturated heterocycles. The summed E-state index contributed by atoms with van der Waals surface area (Å²) in [5.74, 6) is 0.524. The van der Waals surface area contributed by atoms with Crippen molar-refractivity contribution in [3.05, 3.63) is 36.0 Å². The Bertz CT molecular complexity index is 724. The van der Waals surface area contributed by atoms with Gasteiger partial charge in [0.1, 0.15) is 0 Å². The zero-order valence-electron chi connectivity index (χ0n) is 10.6. The molecule has 0 aliphatic heterocycles. The largest absolute Gasteiger partial charge is 0.326 e. The van der Waals surface area contributed by atoms with Crippen LogP contribution in [0.15, 0.2) is 30.3 Å². The summed E-state index contributed by atoms with van der Waals surface area (Å²) in [6, 6.07) is 9.38. The van der Waals surface area contributed by atoms with Crippen molar-refractivity contribution in [1.82, 2.24) is 19.8 Å². The number of nitrogens with one attached hydrogen (secondary N) is 2. The van der Waals surface area contributed by atoms with Gasteiger partial charge in [0.2, 0.25) is 5.91 Å². The van der Waals surface area contributed by atoms with Gasteiger partial charge in [0.05, 0.1) is 0 Å². The highest BCUT2D eigenvalue weighted by atomic mass is 16.1. The molecule has 0 fully saturated rings. The normalized spacial score (nSPS) is 10.8. The SMILES string of the molecule is CC(=O)Nc1cccc(-c2nc3cc(C)[nH]n3n2)c1. The molecule has 0 unspecified atom stereocenters. The van der Waals surface area contributed by atoms with Gasteiger partial charge in [0.25, 0.3) is 0 Å². The van der Waals surface area contributed by atoms with Gasteiger partial charge in [-0.2, -0.15) is 4.63 Å². The monoisotopic (exact) mass is 255 g/mol. The Hall–Kier alpha value is -2.63. The Morgan fingerprint density at radius 3 is 2.95 bits per heavy atom. The topological polar surface area (TPSA) is 75.1 Å². The number of rotatable bonds is 2. The third-order valence-corrected chi connectivity index (χ3v) is 2.70. The van der Waals surface area contributed by atoms with Gasteiger partial charge in [0.15, 0.2) is 11.5 Å². The van der Waals surface area contributed by atoms with Crippen LogP contribution < -0.4 is 5.32 Å². The van der Waals surface area contributed by atoms with E-state index in [4.69, 9.17) is 0 Å². The van der Waals surface area contributed by atoms with Crippen LogP contribution in [0.1, 0.15) is 12.6 Å². The molecule has 0 aliphatic rings. The molecule has 19 heavy (non-hydrogen) atoms. The highest BCUT2D eigenvalue weighted by molar-refractivity contribution is 5.89. The minimum absolute atomic E-state index is 0.0994. The van der Waals surface area contributed by atoms with Crippen molar-refractivity contribution >= 4 is 17.2 Å². The lowest BCUT2D eigenvalue weighted by Crippen LogP contribution is -2.05. The van der Waals surface area contributed by atoms with Crippen molar-refractivity contribution in [1.29, 1.82) is 0 Å². The van der Waals surface area contributed by atoms with Crippen LogP contribution in [0, 0.1) is 6.92 Å². The van der Waals surface area contributed by atoms with E-state index in [-0.39, 0.29) is 5.91 Å². The van der Waals surface area contributed by atoms with Crippen LogP contribution in [-0.2, 0) is 4.79 Å². The smallest absolute Gasteiger partial charge is 0.221 e. The first kappa shape index (κ1) is 11.5. The molecule has 6 heteroatoms. The predicted molar refractivity (Wildman–Crippen MR) is 71.8 cm³/mol. The molecule has 2 aromatic heterocycles. The van der Waals surface area contributed by atoms with Crippen LogP contribution in [0.2, 0.25) is 0 Å². The molecule has 0 bridgehead atoms. The van der Waals surface area contributed by atoms with E-state index in [1.54, 1.807) is 4.63 Å². The second kappa shape index (κ2) is 4.24. The molecular weight excluding hydrogens is 242 g/mol. The number of anilines is 1. The standard InChI is InChI=1S/C13H13N5O/c1-8-6-12-15-13(17-18(12)16-8)10-4-3-5-11(7-10)14-9(2)19/h3-7,16H,1-2H3,(H,14,19). The number of carbonyl (C=O) groups excluding carboxylic acids is 1. The van der Waals surface area contributed by atoms with Gasteiger partial charge in [-0.1, -0.05) is 12.1 Å². The van der Waals surface area contributed by atoms with E-state index in [9.17, 15) is 4.79 Å². The fourth-order valence-electron chi connectivity index (χ4n) is 1.95. The summed E-state index contributed by atoms with van der Waals surface area (Å²) in [6.07, 6.45) is 0. The van der Waals surface area contributed by atoms with E-state index in [0.29, 0.717) is 5.82 Å². The van der Waals surface area contributed by atoms with Crippen molar-refractivity contribution in [2.24, 2.45) is 0 Å². The summed E-state index contributed by atoms with van der Waals surface area (Å²) < 4.78 is 1.63. The third kappa shape index (κ3) is 2.20. The summed E-state index contributed by atoms with van der Waals surface area (Å²) >= 11 is 0. The molecule has 2 heterocycles. The van der Waals surface area contributed by atoms with Gasteiger partial charge in [-0.15, -0.1) is 5.10 Å². The van der Waals surface area contributed by atoms with Crippen molar-refractivity contribution in [3.8, 4) is 11.4 Å². The second-order valence-electron chi connectivity index (χ2n) is 4.41. The zero-order chi connectivity index (χ0) is 13.4. The second-order valence-corrected chi connectivity index (χ2v) is 4.41. The molecule has 6 nitrogen and oxygen atoms in total. The molecular formula is C13H13N5O. The fourth-order valence-corrected chi connectivity index (χ4v) is 1.95. The van der Waals surface area contributed by atoms with Crippen molar-refractivity contribution in [2.75, 3.05) is 5.32 Å².